The van der Waals surface area contributed by atoms with Crippen LogP contribution in [0.2, 0.25) is 0 Å². The highest BCUT2D eigenvalue weighted by molar-refractivity contribution is 7.79. The maximum Gasteiger partial charge on any atom is 0.141 e. The lowest BCUT2D eigenvalue weighted by Crippen LogP contribution is -2.15. The lowest BCUT2D eigenvalue weighted by atomic mass is 10.00. The molecular formula is C27H19OPS. The Morgan fingerprint density at radius 1 is 0.667 bits per heavy atom. The summed E-state index contributed by atoms with van der Waals surface area (Å²) in [6.45, 7) is 1.91. The van der Waals surface area contributed by atoms with E-state index in [1.807, 2.05) is 37.0 Å². The van der Waals surface area contributed by atoms with Crippen LogP contribution in [0.15, 0.2) is 97.1 Å². The molecule has 0 amide bonds. The molecule has 0 saturated heterocycles. The molecule has 3 heteroatoms. The maximum absolute atomic E-state index is 14.2. The van der Waals surface area contributed by atoms with Gasteiger partial charge in [0.1, 0.15) is 7.14 Å². The molecule has 1 aromatic heterocycles. The van der Waals surface area contributed by atoms with Crippen LogP contribution in [0.5, 0.6) is 0 Å². The summed E-state index contributed by atoms with van der Waals surface area (Å²) in [4.78, 5) is 0. The van der Waals surface area contributed by atoms with E-state index in [4.69, 9.17) is 0 Å². The predicted octanol–water partition coefficient (Wildman–Crippen LogP) is 7.30. The van der Waals surface area contributed by atoms with Crippen LogP contribution < -0.4 is 10.6 Å². The highest BCUT2D eigenvalue weighted by Crippen LogP contribution is 2.48. The van der Waals surface area contributed by atoms with Crippen LogP contribution >= 0.6 is 18.5 Å². The average Bonchev–Trinajstić information content (AvgIpc) is 3.19. The first kappa shape index (κ1) is 17.9. The fourth-order valence-corrected chi connectivity index (χ4v) is 8.25. The highest BCUT2D eigenvalue weighted by atomic mass is 32.1. The van der Waals surface area contributed by atoms with E-state index in [0.717, 1.165) is 20.7 Å². The number of benzene rings is 5. The standard InChI is InChI=1S/C27H19OPS/c1-29(28,20-11-3-2-4-12-20)23-17-19-10-6-8-14-22(19)26-25-21-13-7-5-9-18(21)15-16-24(25)30-27(23)26/h2-17H,1H3. The van der Waals surface area contributed by atoms with Crippen molar-refractivity contribution in [2.75, 3.05) is 6.66 Å². The van der Waals surface area contributed by atoms with E-state index in [9.17, 15) is 4.57 Å². The summed E-state index contributed by atoms with van der Waals surface area (Å²) < 4.78 is 16.6. The fourth-order valence-electron chi connectivity index (χ4n) is 4.54. The summed E-state index contributed by atoms with van der Waals surface area (Å²) in [6.07, 6.45) is 0. The number of hydrogen-bond acceptors (Lipinski definition) is 2. The largest absolute Gasteiger partial charge is 0.314 e. The summed E-state index contributed by atoms with van der Waals surface area (Å²) >= 11 is 1.77. The molecular weight excluding hydrogens is 403 g/mol. The molecule has 0 aliphatic heterocycles. The van der Waals surface area contributed by atoms with Gasteiger partial charge in [-0.1, -0.05) is 84.9 Å². The van der Waals surface area contributed by atoms with Gasteiger partial charge in [-0.25, -0.2) is 0 Å². The summed E-state index contributed by atoms with van der Waals surface area (Å²) in [5.41, 5.74) is 0. The van der Waals surface area contributed by atoms with Crippen LogP contribution in [-0.4, -0.2) is 6.66 Å². The Morgan fingerprint density at radius 3 is 2.07 bits per heavy atom. The van der Waals surface area contributed by atoms with Gasteiger partial charge in [0, 0.05) is 30.8 Å². The SMILES string of the molecule is CP(=O)(c1ccccc1)c1cc2ccccc2c2c1sc1ccc3ccccc3c12. The monoisotopic (exact) mass is 422 g/mol. The third-order valence-corrected chi connectivity index (χ3v) is 9.94. The van der Waals surface area contributed by atoms with Gasteiger partial charge in [-0.3, -0.25) is 0 Å². The van der Waals surface area contributed by atoms with Crippen LogP contribution in [-0.2, 0) is 4.57 Å². The zero-order chi connectivity index (χ0) is 20.3. The highest BCUT2D eigenvalue weighted by Gasteiger charge is 2.26. The summed E-state index contributed by atoms with van der Waals surface area (Å²) in [5, 5.41) is 9.25. The van der Waals surface area contributed by atoms with E-state index in [0.29, 0.717) is 0 Å². The molecule has 30 heavy (non-hydrogen) atoms. The van der Waals surface area contributed by atoms with Gasteiger partial charge in [0.2, 0.25) is 0 Å². The summed E-state index contributed by atoms with van der Waals surface area (Å²) in [6, 6.07) is 33.5. The van der Waals surface area contributed by atoms with E-state index in [1.165, 1.54) is 31.6 Å². The molecule has 0 N–H and O–H groups in total. The van der Waals surface area contributed by atoms with E-state index in [2.05, 4.69) is 66.7 Å². The van der Waals surface area contributed by atoms with Crippen LogP contribution in [0.1, 0.15) is 0 Å². The first-order valence-corrected chi connectivity index (χ1v) is 13.0. The number of thiophene rings is 1. The molecule has 0 saturated carbocycles. The van der Waals surface area contributed by atoms with E-state index in [1.54, 1.807) is 11.3 Å². The minimum atomic E-state index is -2.75. The minimum absolute atomic E-state index is 0.906. The first-order valence-electron chi connectivity index (χ1n) is 10.0. The summed E-state index contributed by atoms with van der Waals surface area (Å²) in [7, 11) is -2.75. The Labute approximate surface area is 179 Å². The molecule has 1 unspecified atom stereocenters. The van der Waals surface area contributed by atoms with Crippen molar-refractivity contribution >= 4 is 70.8 Å². The lowest BCUT2D eigenvalue weighted by Gasteiger charge is -2.16. The van der Waals surface area contributed by atoms with Crippen molar-refractivity contribution in [3.63, 3.8) is 0 Å². The van der Waals surface area contributed by atoms with Gasteiger partial charge in [-0.05, 0) is 40.3 Å². The molecule has 1 heterocycles. The van der Waals surface area contributed by atoms with Gasteiger partial charge in [0.25, 0.3) is 0 Å². The van der Waals surface area contributed by atoms with Crippen LogP contribution in [0.3, 0.4) is 0 Å². The number of fused-ring (bicyclic) bond motifs is 7. The predicted molar refractivity (Wildman–Crippen MR) is 134 cm³/mol. The van der Waals surface area contributed by atoms with Crippen LogP contribution in [0.25, 0.3) is 41.7 Å². The van der Waals surface area contributed by atoms with Crippen molar-refractivity contribution in [2.45, 2.75) is 0 Å². The molecule has 0 fully saturated rings. The van der Waals surface area contributed by atoms with Gasteiger partial charge < -0.3 is 4.57 Å². The third-order valence-electron chi connectivity index (χ3n) is 6.04. The Kier molecular flexibility index (Phi) is 3.90. The Hall–Kier alpha value is -2.93. The topological polar surface area (TPSA) is 17.1 Å². The van der Waals surface area contributed by atoms with Crippen LogP contribution in [0, 0.1) is 0 Å². The zero-order valence-corrected chi connectivity index (χ0v) is 18.2. The van der Waals surface area contributed by atoms with Crippen molar-refractivity contribution in [1.82, 2.24) is 0 Å². The molecule has 6 rings (SSSR count). The second-order valence-electron chi connectivity index (χ2n) is 7.84. The first-order chi connectivity index (χ1) is 14.6. The minimum Gasteiger partial charge on any atom is -0.314 e. The van der Waals surface area contributed by atoms with Gasteiger partial charge in [-0.15, -0.1) is 11.3 Å². The van der Waals surface area contributed by atoms with Crippen LogP contribution in [0.4, 0.5) is 0 Å². The summed E-state index contributed by atoms with van der Waals surface area (Å²) in [5.74, 6) is 0. The Balaban J connectivity index is 1.86. The molecule has 0 bridgehead atoms. The van der Waals surface area contributed by atoms with Gasteiger partial charge in [0.15, 0.2) is 0 Å². The second-order valence-corrected chi connectivity index (χ2v) is 11.7. The molecule has 6 aromatic rings. The molecule has 1 nitrogen and oxygen atoms in total. The second kappa shape index (κ2) is 6.54. The van der Waals surface area contributed by atoms with Crippen molar-refractivity contribution in [1.29, 1.82) is 0 Å². The lowest BCUT2D eigenvalue weighted by molar-refractivity contribution is 0.590. The van der Waals surface area contributed by atoms with Gasteiger partial charge >= 0.3 is 0 Å². The van der Waals surface area contributed by atoms with E-state index < -0.39 is 7.14 Å². The number of rotatable bonds is 2. The molecule has 0 radical (unpaired) electrons. The molecule has 0 aliphatic rings. The number of hydrogen-bond donors (Lipinski definition) is 0. The molecule has 0 spiro atoms. The van der Waals surface area contributed by atoms with E-state index >= 15 is 0 Å². The molecule has 5 aromatic carbocycles. The molecule has 1 atom stereocenters. The van der Waals surface area contributed by atoms with Gasteiger partial charge in [-0.2, -0.15) is 0 Å². The van der Waals surface area contributed by atoms with Crippen molar-refractivity contribution in [3.8, 4) is 0 Å². The Bertz CT molecular complexity index is 1630. The maximum atomic E-state index is 14.2. The molecule has 0 aliphatic carbocycles. The zero-order valence-electron chi connectivity index (χ0n) is 16.5. The van der Waals surface area contributed by atoms with E-state index in [-0.39, 0.29) is 0 Å². The average molecular weight is 422 g/mol. The van der Waals surface area contributed by atoms with Crippen molar-refractivity contribution in [3.05, 3.63) is 97.1 Å². The fraction of sp³-hybridized carbons (Fsp3) is 0.0370. The third kappa shape index (κ3) is 2.51. The van der Waals surface area contributed by atoms with Crippen molar-refractivity contribution in [2.24, 2.45) is 0 Å². The van der Waals surface area contributed by atoms with Crippen molar-refractivity contribution < 1.29 is 4.57 Å². The molecule has 144 valence electrons. The smallest absolute Gasteiger partial charge is 0.141 e. The van der Waals surface area contributed by atoms with Gasteiger partial charge in [0.05, 0.1) is 0 Å². The Morgan fingerprint density at radius 2 is 1.30 bits per heavy atom. The normalized spacial score (nSPS) is 13.9. The quantitative estimate of drug-likeness (QED) is 0.268.